The Morgan fingerprint density at radius 2 is 2.32 bits per heavy atom. The van der Waals surface area contributed by atoms with Gasteiger partial charge in [-0.3, -0.25) is 4.79 Å². The third-order valence-electron chi connectivity index (χ3n) is 3.62. The van der Waals surface area contributed by atoms with Gasteiger partial charge in [0.15, 0.2) is 6.10 Å². The lowest BCUT2D eigenvalue weighted by Crippen LogP contribution is -2.39. The lowest BCUT2D eigenvalue weighted by atomic mass is 10.0. The first-order valence-corrected chi connectivity index (χ1v) is 6.87. The van der Waals surface area contributed by atoms with E-state index in [2.05, 4.69) is 12.2 Å². The maximum absolute atomic E-state index is 12.0. The number of aliphatic hydroxyl groups excluding tert-OH is 1. The van der Waals surface area contributed by atoms with E-state index in [1.54, 1.807) is 0 Å². The molecule has 1 aromatic carbocycles. The zero-order valence-corrected chi connectivity index (χ0v) is 11.3. The van der Waals surface area contributed by atoms with Crippen LogP contribution in [-0.2, 0) is 11.2 Å². The molecule has 1 amide bonds. The molecule has 104 valence electrons. The number of benzene rings is 1. The fraction of sp³-hybridized carbons (Fsp3) is 0.533. The van der Waals surface area contributed by atoms with Gasteiger partial charge in [0.25, 0.3) is 5.91 Å². The molecule has 0 aromatic heterocycles. The van der Waals surface area contributed by atoms with Crippen LogP contribution in [0.1, 0.15) is 25.3 Å². The van der Waals surface area contributed by atoms with Crippen molar-refractivity contribution in [3.63, 3.8) is 0 Å². The van der Waals surface area contributed by atoms with Crippen molar-refractivity contribution in [2.45, 2.75) is 32.3 Å². The van der Waals surface area contributed by atoms with Gasteiger partial charge in [0.2, 0.25) is 0 Å². The molecule has 0 radical (unpaired) electrons. The van der Waals surface area contributed by atoms with Crippen molar-refractivity contribution in [2.75, 3.05) is 13.2 Å². The Bertz CT molecular complexity index is 408. The molecule has 1 heterocycles. The van der Waals surface area contributed by atoms with Gasteiger partial charge < -0.3 is 15.2 Å². The standard InChI is InChI=1S/C15H21NO3/c1-2-11(7-8-17)10-16-15(18)14-9-12-5-3-4-6-13(12)19-14/h3-6,11,14,17H,2,7-10H2,1H3,(H,16,18). The fourth-order valence-electron chi connectivity index (χ4n) is 2.32. The number of carbonyl (C=O) groups is 1. The Labute approximate surface area is 113 Å². The van der Waals surface area contributed by atoms with Crippen molar-refractivity contribution in [3.8, 4) is 5.75 Å². The van der Waals surface area contributed by atoms with Gasteiger partial charge in [0, 0.05) is 19.6 Å². The smallest absolute Gasteiger partial charge is 0.261 e. The van der Waals surface area contributed by atoms with Gasteiger partial charge in [-0.05, 0) is 24.0 Å². The molecule has 0 bridgehead atoms. The molecule has 0 aliphatic carbocycles. The first-order valence-electron chi connectivity index (χ1n) is 6.87. The number of hydrogen-bond donors (Lipinski definition) is 2. The monoisotopic (exact) mass is 263 g/mol. The van der Waals surface area contributed by atoms with Crippen LogP contribution >= 0.6 is 0 Å². The van der Waals surface area contributed by atoms with Gasteiger partial charge in [0.05, 0.1) is 0 Å². The molecule has 0 saturated carbocycles. The van der Waals surface area contributed by atoms with Crippen LogP contribution in [-0.4, -0.2) is 30.3 Å². The number of amides is 1. The van der Waals surface area contributed by atoms with Crippen molar-refractivity contribution in [3.05, 3.63) is 29.8 Å². The lowest BCUT2D eigenvalue weighted by molar-refractivity contribution is -0.127. The van der Waals surface area contributed by atoms with Crippen LogP contribution < -0.4 is 10.1 Å². The summed E-state index contributed by atoms with van der Waals surface area (Å²) in [5.74, 6) is 1.08. The maximum atomic E-state index is 12.0. The molecular formula is C15H21NO3. The predicted octanol–water partition coefficient (Wildman–Crippen LogP) is 1.51. The molecular weight excluding hydrogens is 242 g/mol. The SMILES string of the molecule is CCC(CCO)CNC(=O)C1Cc2ccccc2O1. The fourth-order valence-corrected chi connectivity index (χ4v) is 2.32. The second-order valence-electron chi connectivity index (χ2n) is 4.95. The minimum absolute atomic E-state index is 0.0624. The molecule has 4 nitrogen and oxygen atoms in total. The van der Waals surface area contributed by atoms with Gasteiger partial charge >= 0.3 is 0 Å². The summed E-state index contributed by atoms with van der Waals surface area (Å²) < 4.78 is 5.63. The number of rotatable bonds is 6. The zero-order chi connectivity index (χ0) is 13.7. The van der Waals surface area contributed by atoms with Crippen LogP contribution in [0.15, 0.2) is 24.3 Å². The Morgan fingerprint density at radius 1 is 1.53 bits per heavy atom. The summed E-state index contributed by atoms with van der Waals surface area (Å²) in [6.45, 7) is 2.83. The molecule has 0 fully saturated rings. The van der Waals surface area contributed by atoms with Gasteiger partial charge in [0.1, 0.15) is 5.75 Å². The highest BCUT2D eigenvalue weighted by molar-refractivity contribution is 5.82. The van der Waals surface area contributed by atoms with Crippen molar-refractivity contribution in [2.24, 2.45) is 5.92 Å². The molecule has 0 saturated heterocycles. The highest BCUT2D eigenvalue weighted by Gasteiger charge is 2.28. The first-order chi connectivity index (χ1) is 9.24. The minimum atomic E-state index is -0.413. The Kier molecular flexibility index (Phi) is 4.80. The summed E-state index contributed by atoms with van der Waals surface area (Å²) in [5.41, 5.74) is 1.09. The van der Waals surface area contributed by atoms with Gasteiger partial charge in [-0.1, -0.05) is 31.5 Å². The third-order valence-corrected chi connectivity index (χ3v) is 3.62. The number of nitrogens with one attached hydrogen (secondary N) is 1. The van der Waals surface area contributed by atoms with Crippen LogP contribution in [0.3, 0.4) is 0 Å². The van der Waals surface area contributed by atoms with E-state index in [4.69, 9.17) is 9.84 Å². The summed E-state index contributed by atoms with van der Waals surface area (Å²) in [7, 11) is 0. The molecule has 2 rings (SSSR count). The largest absolute Gasteiger partial charge is 0.480 e. The van der Waals surface area contributed by atoms with Crippen molar-refractivity contribution in [1.82, 2.24) is 5.32 Å². The normalized spacial score (nSPS) is 18.5. The Balaban J connectivity index is 1.83. The second kappa shape index (κ2) is 6.57. The minimum Gasteiger partial charge on any atom is -0.480 e. The lowest BCUT2D eigenvalue weighted by Gasteiger charge is -2.16. The molecule has 2 N–H and O–H groups in total. The first kappa shape index (κ1) is 13.9. The van der Waals surface area contributed by atoms with Crippen molar-refractivity contribution < 1.29 is 14.6 Å². The van der Waals surface area contributed by atoms with Crippen LogP contribution in [0.25, 0.3) is 0 Å². The topological polar surface area (TPSA) is 58.6 Å². The molecule has 2 atom stereocenters. The average Bonchev–Trinajstić information content (AvgIpc) is 2.87. The number of carbonyl (C=O) groups excluding carboxylic acids is 1. The van der Waals surface area contributed by atoms with E-state index in [0.717, 1.165) is 24.2 Å². The van der Waals surface area contributed by atoms with Gasteiger partial charge in [-0.2, -0.15) is 0 Å². The van der Waals surface area contributed by atoms with E-state index in [0.29, 0.717) is 18.9 Å². The van der Waals surface area contributed by atoms with E-state index >= 15 is 0 Å². The number of ether oxygens (including phenoxy) is 1. The second-order valence-corrected chi connectivity index (χ2v) is 4.95. The molecule has 1 aliphatic heterocycles. The van der Waals surface area contributed by atoms with E-state index in [9.17, 15) is 4.79 Å². The number of aliphatic hydroxyl groups is 1. The molecule has 1 aromatic rings. The highest BCUT2D eigenvalue weighted by atomic mass is 16.5. The molecule has 0 spiro atoms. The molecule has 19 heavy (non-hydrogen) atoms. The van der Waals surface area contributed by atoms with Gasteiger partial charge in [-0.25, -0.2) is 0 Å². The van der Waals surface area contributed by atoms with Crippen molar-refractivity contribution >= 4 is 5.91 Å². The van der Waals surface area contributed by atoms with Crippen LogP contribution in [0.5, 0.6) is 5.75 Å². The van der Waals surface area contributed by atoms with Crippen molar-refractivity contribution in [1.29, 1.82) is 0 Å². The van der Waals surface area contributed by atoms with Gasteiger partial charge in [-0.15, -0.1) is 0 Å². The number of fused-ring (bicyclic) bond motifs is 1. The maximum Gasteiger partial charge on any atom is 0.261 e. The number of para-hydroxylation sites is 1. The quantitative estimate of drug-likeness (QED) is 0.818. The molecule has 2 unspecified atom stereocenters. The number of hydrogen-bond acceptors (Lipinski definition) is 3. The average molecular weight is 263 g/mol. The van der Waals surface area contributed by atoms with Crippen LogP contribution in [0, 0.1) is 5.92 Å². The molecule has 1 aliphatic rings. The summed E-state index contributed by atoms with van der Waals surface area (Å²) in [5, 5.41) is 11.8. The van der Waals surface area contributed by atoms with E-state index in [-0.39, 0.29) is 12.5 Å². The summed E-state index contributed by atoms with van der Waals surface area (Å²) in [6, 6.07) is 7.75. The van der Waals surface area contributed by atoms with E-state index in [1.807, 2.05) is 24.3 Å². The Morgan fingerprint density at radius 3 is 3.00 bits per heavy atom. The van der Waals surface area contributed by atoms with Crippen LogP contribution in [0.4, 0.5) is 0 Å². The van der Waals surface area contributed by atoms with E-state index in [1.165, 1.54) is 0 Å². The van der Waals surface area contributed by atoms with Crippen LogP contribution in [0.2, 0.25) is 0 Å². The Hall–Kier alpha value is -1.55. The predicted molar refractivity (Wildman–Crippen MR) is 73.1 cm³/mol. The zero-order valence-electron chi connectivity index (χ0n) is 11.3. The summed E-state index contributed by atoms with van der Waals surface area (Å²) in [4.78, 5) is 12.0. The molecule has 4 heteroatoms. The summed E-state index contributed by atoms with van der Waals surface area (Å²) in [6.07, 6.45) is 1.90. The summed E-state index contributed by atoms with van der Waals surface area (Å²) >= 11 is 0. The van der Waals surface area contributed by atoms with E-state index < -0.39 is 6.10 Å². The highest BCUT2D eigenvalue weighted by Crippen LogP contribution is 2.28. The third kappa shape index (κ3) is 3.47.